The highest BCUT2D eigenvalue weighted by molar-refractivity contribution is 6.03. The van der Waals surface area contributed by atoms with Gasteiger partial charge in [-0.3, -0.25) is 4.79 Å². The van der Waals surface area contributed by atoms with Crippen LogP contribution in [0.25, 0.3) is 0 Å². The summed E-state index contributed by atoms with van der Waals surface area (Å²) in [5.74, 6) is -1.94. The van der Waals surface area contributed by atoms with E-state index in [4.69, 9.17) is 9.47 Å². The van der Waals surface area contributed by atoms with E-state index in [1.165, 1.54) is 23.2 Å². The van der Waals surface area contributed by atoms with Crippen LogP contribution in [0.3, 0.4) is 0 Å². The number of nitrogens with zero attached hydrogens (tertiary/aromatic N) is 3. The van der Waals surface area contributed by atoms with Crippen LogP contribution >= 0.6 is 0 Å². The molecule has 1 aromatic carbocycles. The zero-order chi connectivity index (χ0) is 28.3. The number of amides is 1. The van der Waals surface area contributed by atoms with Gasteiger partial charge in [-0.2, -0.15) is 13.2 Å². The summed E-state index contributed by atoms with van der Waals surface area (Å²) in [7, 11) is 0. The predicted molar refractivity (Wildman–Crippen MR) is 139 cm³/mol. The number of carboxylic acid groups (broad SMARTS) is 1. The number of benzene rings is 1. The number of ether oxygens (including phenoxy) is 2. The molecule has 212 valence electrons. The van der Waals surface area contributed by atoms with Gasteiger partial charge in [0.2, 0.25) is 11.8 Å². The number of morpholine rings is 1. The third-order valence-electron chi connectivity index (χ3n) is 7.31. The first-order chi connectivity index (χ1) is 18.5. The first kappa shape index (κ1) is 28.7. The van der Waals surface area contributed by atoms with Crippen LogP contribution in [0.5, 0.6) is 11.6 Å². The Hall–Kier alpha value is -3.34. The quantitative estimate of drug-likeness (QED) is 0.453. The van der Waals surface area contributed by atoms with E-state index < -0.39 is 23.6 Å². The second kappa shape index (κ2) is 11.8. The summed E-state index contributed by atoms with van der Waals surface area (Å²) < 4.78 is 52.6. The lowest BCUT2D eigenvalue weighted by Gasteiger charge is -2.34. The van der Waals surface area contributed by atoms with Gasteiger partial charge in [-0.05, 0) is 69.7 Å². The van der Waals surface area contributed by atoms with Crippen LogP contribution < -0.4 is 14.5 Å². The molecule has 1 aromatic heterocycles. The highest BCUT2D eigenvalue weighted by atomic mass is 19.4. The van der Waals surface area contributed by atoms with Crippen molar-refractivity contribution in [3.05, 3.63) is 41.6 Å². The minimum absolute atomic E-state index is 0.129. The standard InChI is InChI=1S/C28H34F3N3O5/c1-17(2)34(26(35)19-6-4-18(3)5-7-19)24-9-8-21(15-22(24)27(36)37)39-25-23(28(29,30)31)14-20(16-32-25)33-10-12-38-13-11-33/h8-9,14-19H,4-7,10-13H2,1-3H3,(H,36,37)/t18-,19-. The van der Waals surface area contributed by atoms with Gasteiger partial charge in [0.15, 0.2) is 0 Å². The lowest BCUT2D eigenvalue weighted by molar-refractivity contribution is -0.138. The molecule has 39 heavy (non-hydrogen) atoms. The fourth-order valence-electron chi connectivity index (χ4n) is 5.15. The molecular weight excluding hydrogens is 515 g/mol. The molecule has 1 N–H and O–H groups in total. The smallest absolute Gasteiger partial charge is 0.421 e. The fraction of sp³-hybridized carbons (Fsp3) is 0.536. The Bertz CT molecular complexity index is 1190. The van der Waals surface area contributed by atoms with E-state index in [1.807, 2.05) is 0 Å². The summed E-state index contributed by atoms with van der Waals surface area (Å²) in [5.41, 5.74) is -0.835. The molecule has 0 spiro atoms. The summed E-state index contributed by atoms with van der Waals surface area (Å²) in [6, 6.07) is 4.57. The van der Waals surface area contributed by atoms with Gasteiger partial charge in [-0.15, -0.1) is 0 Å². The molecule has 2 fully saturated rings. The first-order valence-corrected chi connectivity index (χ1v) is 13.2. The van der Waals surface area contributed by atoms with Gasteiger partial charge < -0.3 is 24.4 Å². The van der Waals surface area contributed by atoms with Gasteiger partial charge in [0.1, 0.15) is 11.3 Å². The molecule has 2 aromatic rings. The van der Waals surface area contributed by atoms with Crippen molar-refractivity contribution in [3.63, 3.8) is 0 Å². The summed E-state index contributed by atoms with van der Waals surface area (Å²) in [4.78, 5) is 32.9. The molecule has 0 bridgehead atoms. The summed E-state index contributed by atoms with van der Waals surface area (Å²) in [6.07, 6.45) is -0.122. The Labute approximate surface area is 225 Å². The SMILES string of the molecule is CC(C)N(c1ccc(Oc2ncc(N3CCOCC3)cc2C(F)(F)F)cc1C(=O)O)C(=O)[C@H]1CC[C@H](C)CC1. The number of anilines is 2. The van der Waals surface area contributed by atoms with Gasteiger partial charge in [0.05, 0.1) is 36.3 Å². The molecule has 1 saturated heterocycles. The fourth-order valence-corrected chi connectivity index (χ4v) is 5.15. The number of carbonyl (C=O) groups excluding carboxylic acids is 1. The Morgan fingerprint density at radius 1 is 1.13 bits per heavy atom. The van der Waals surface area contributed by atoms with Gasteiger partial charge in [0.25, 0.3) is 0 Å². The molecule has 11 heteroatoms. The van der Waals surface area contributed by atoms with Crippen molar-refractivity contribution in [1.29, 1.82) is 0 Å². The van der Waals surface area contributed by atoms with Crippen LogP contribution in [-0.2, 0) is 15.7 Å². The van der Waals surface area contributed by atoms with E-state index in [-0.39, 0.29) is 34.9 Å². The molecule has 2 aliphatic rings. The molecule has 8 nitrogen and oxygen atoms in total. The first-order valence-electron chi connectivity index (χ1n) is 13.2. The molecule has 0 unspecified atom stereocenters. The number of carboxylic acids is 1. The molecule has 0 atom stereocenters. The van der Waals surface area contributed by atoms with Gasteiger partial charge >= 0.3 is 12.1 Å². The highest BCUT2D eigenvalue weighted by Gasteiger charge is 2.37. The number of rotatable bonds is 7. The van der Waals surface area contributed by atoms with E-state index in [0.717, 1.165) is 37.8 Å². The topological polar surface area (TPSA) is 92.2 Å². The number of aromatic nitrogens is 1. The van der Waals surface area contributed by atoms with Crippen molar-refractivity contribution in [2.24, 2.45) is 11.8 Å². The van der Waals surface area contributed by atoms with E-state index in [2.05, 4.69) is 11.9 Å². The van der Waals surface area contributed by atoms with Gasteiger partial charge in [0, 0.05) is 25.0 Å². The van der Waals surface area contributed by atoms with Crippen LogP contribution in [0, 0.1) is 11.8 Å². The Balaban J connectivity index is 1.65. The van der Waals surface area contributed by atoms with Crippen molar-refractivity contribution in [3.8, 4) is 11.6 Å². The third-order valence-corrected chi connectivity index (χ3v) is 7.31. The predicted octanol–water partition coefficient (Wildman–Crippen LogP) is 6.00. The molecule has 1 amide bonds. The number of alkyl halides is 3. The van der Waals surface area contributed by atoms with Gasteiger partial charge in [-0.25, -0.2) is 9.78 Å². The van der Waals surface area contributed by atoms with E-state index in [0.29, 0.717) is 37.9 Å². The summed E-state index contributed by atoms with van der Waals surface area (Å²) >= 11 is 0. The summed E-state index contributed by atoms with van der Waals surface area (Å²) in [5, 5.41) is 9.97. The molecule has 0 radical (unpaired) electrons. The molecule has 2 heterocycles. The lowest BCUT2D eigenvalue weighted by atomic mass is 9.82. The Kier molecular flexibility index (Phi) is 8.68. The number of aromatic carboxylic acids is 1. The Morgan fingerprint density at radius 2 is 1.79 bits per heavy atom. The zero-order valence-electron chi connectivity index (χ0n) is 22.3. The Morgan fingerprint density at radius 3 is 2.38 bits per heavy atom. The maximum atomic E-state index is 14.0. The van der Waals surface area contributed by atoms with Crippen LogP contribution in [0.15, 0.2) is 30.5 Å². The second-order valence-corrected chi connectivity index (χ2v) is 10.5. The van der Waals surface area contributed by atoms with Crippen LogP contribution in [0.4, 0.5) is 24.5 Å². The monoisotopic (exact) mass is 549 g/mol. The normalized spacial score (nSPS) is 20.1. The van der Waals surface area contributed by atoms with Crippen LogP contribution in [-0.4, -0.2) is 54.3 Å². The number of hydrogen-bond acceptors (Lipinski definition) is 6. The molecule has 4 rings (SSSR count). The zero-order valence-corrected chi connectivity index (χ0v) is 22.3. The highest BCUT2D eigenvalue weighted by Crippen LogP contribution is 2.40. The van der Waals surface area contributed by atoms with E-state index >= 15 is 0 Å². The molecule has 1 aliphatic carbocycles. The van der Waals surface area contributed by atoms with Crippen molar-refractivity contribution < 1.29 is 37.3 Å². The molecule has 1 saturated carbocycles. The number of halogens is 3. The second-order valence-electron chi connectivity index (χ2n) is 10.5. The van der Waals surface area contributed by atoms with Crippen molar-refractivity contribution in [2.75, 3.05) is 36.1 Å². The maximum Gasteiger partial charge on any atom is 0.421 e. The van der Waals surface area contributed by atoms with Crippen molar-refractivity contribution in [1.82, 2.24) is 4.98 Å². The van der Waals surface area contributed by atoms with Crippen LogP contribution in [0.2, 0.25) is 0 Å². The molecule has 1 aliphatic heterocycles. The van der Waals surface area contributed by atoms with E-state index in [1.54, 1.807) is 18.7 Å². The maximum absolute atomic E-state index is 14.0. The van der Waals surface area contributed by atoms with Gasteiger partial charge in [-0.1, -0.05) is 6.92 Å². The molecular formula is C28H34F3N3O5. The summed E-state index contributed by atoms with van der Waals surface area (Å²) in [6.45, 7) is 7.43. The number of carbonyl (C=O) groups is 2. The van der Waals surface area contributed by atoms with Crippen LogP contribution in [0.1, 0.15) is 62.4 Å². The van der Waals surface area contributed by atoms with Crippen molar-refractivity contribution >= 4 is 23.3 Å². The largest absolute Gasteiger partial charge is 0.478 e. The number of pyridine rings is 1. The van der Waals surface area contributed by atoms with E-state index in [9.17, 15) is 27.9 Å². The lowest BCUT2D eigenvalue weighted by Crippen LogP contribution is -2.42. The number of hydrogen-bond donors (Lipinski definition) is 1. The van der Waals surface area contributed by atoms with Crippen molar-refractivity contribution in [2.45, 2.75) is 58.7 Å². The average molecular weight is 550 g/mol. The average Bonchev–Trinajstić information content (AvgIpc) is 2.89. The third kappa shape index (κ3) is 6.63. The minimum Gasteiger partial charge on any atom is -0.478 e. The minimum atomic E-state index is -4.75.